The predicted molar refractivity (Wildman–Crippen MR) is 54.5 cm³/mol. The molecule has 13 heavy (non-hydrogen) atoms. The van der Waals surface area contributed by atoms with Crippen LogP contribution in [0.4, 0.5) is 0 Å². The second kappa shape index (κ2) is 2.73. The maximum Gasteiger partial charge on any atom is 0.0147 e. The summed E-state index contributed by atoms with van der Waals surface area (Å²) in [7, 11) is 0. The van der Waals surface area contributed by atoms with Crippen LogP contribution in [0, 0.1) is 23.7 Å². The molecule has 0 amide bonds. The molecule has 0 aromatic heterocycles. The summed E-state index contributed by atoms with van der Waals surface area (Å²) in [5.74, 6) is 4.09. The molecule has 1 heteroatoms. The van der Waals surface area contributed by atoms with Crippen molar-refractivity contribution in [3.63, 3.8) is 0 Å². The normalized spacial score (nSPS) is 53.3. The van der Waals surface area contributed by atoms with E-state index < -0.39 is 0 Å². The van der Waals surface area contributed by atoms with Crippen LogP contribution in [0.3, 0.4) is 0 Å². The Morgan fingerprint density at radius 3 is 2.08 bits per heavy atom. The van der Waals surface area contributed by atoms with E-state index in [0.29, 0.717) is 0 Å². The number of piperidine rings is 3. The Morgan fingerprint density at radius 2 is 1.62 bits per heavy atom. The molecule has 1 saturated carbocycles. The first-order chi connectivity index (χ1) is 6.24. The van der Waals surface area contributed by atoms with Gasteiger partial charge in [-0.3, -0.25) is 4.90 Å². The minimum atomic E-state index is 0.880. The molecule has 3 heterocycles. The lowest BCUT2D eigenvalue weighted by Crippen LogP contribution is -2.60. The highest BCUT2D eigenvalue weighted by atomic mass is 15.2. The van der Waals surface area contributed by atoms with Gasteiger partial charge < -0.3 is 0 Å². The van der Waals surface area contributed by atoms with Crippen molar-refractivity contribution in [2.75, 3.05) is 13.1 Å². The predicted octanol–water partition coefficient (Wildman–Crippen LogP) is 2.37. The molecule has 0 aromatic rings. The third-order valence-electron chi connectivity index (χ3n) is 4.51. The molecule has 74 valence electrons. The largest absolute Gasteiger partial charge is 0.299 e. The van der Waals surface area contributed by atoms with Crippen LogP contribution in [-0.2, 0) is 0 Å². The van der Waals surface area contributed by atoms with Gasteiger partial charge in [0, 0.05) is 19.1 Å². The van der Waals surface area contributed by atoms with E-state index in [-0.39, 0.29) is 0 Å². The van der Waals surface area contributed by atoms with Crippen LogP contribution >= 0.6 is 0 Å². The third kappa shape index (κ3) is 1.16. The molecule has 4 fully saturated rings. The Kier molecular flexibility index (Phi) is 1.74. The van der Waals surface area contributed by atoms with Crippen molar-refractivity contribution in [3.8, 4) is 0 Å². The highest BCUT2D eigenvalue weighted by molar-refractivity contribution is 5.00. The number of hydrogen-bond donors (Lipinski definition) is 0. The average Bonchev–Trinajstić information content (AvgIpc) is 2.00. The second-order valence-corrected chi connectivity index (χ2v) is 5.89. The zero-order valence-electron chi connectivity index (χ0n) is 8.87. The number of nitrogens with zero attached hydrogens (tertiary/aromatic N) is 1. The van der Waals surface area contributed by atoms with Gasteiger partial charge in [-0.05, 0) is 42.9 Å². The van der Waals surface area contributed by atoms with Gasteiger partial charge in [0.2, 0.25) is 0 Å². The van der Waals surface area contributed by atoms with Gasteiger partial charge in [-0.25, -0.2) is 0 Å². The monoisotopic (exact) mass is 179 g/mol. The maximum atomic E-state index is 2.81. The van der Waals surface area contributed by atoms with E-state index in [2.05, 4.69) is 18.7 Å². The molecule has 0 aromatic carbocycles. The smallest absolute Gasteiger partial charge is 0.0147 e. The zero-order chi connectivity index (χ0) is 9.00. The molecule has 3 unspecified atom stereocenters. The summed E-state index contributed by atoms with van der Waals surface area (Å²) in [6, 6.07) is 0.938. The molecule has 3 aliphatic heterocycles. The maximum absolute atomic E-state index is 2.81. The van der Waals surface area contributed by atoms with Crippen molar-refractivity contribution in [2.45, 2.75) is 39.2 Å². The van der Waals surface area contributed by atoms with Crippen LogP contribution in [0.2, 0.25) is 0 Å². The van der Waals surface area contributed by atoms with Crippen molar-refractivity contribution in [3.05, 3.63) is 0 Å². The van der Waals surface area contributed by atoms with E-state index in [1.54, 1.807) is 19.3 Å². The van der Waals surface area contributed by atoms with Gasteiger partial charge in [-0.2, -0.15) is 0 Å². The lowest BCUT2D eigenvalue weighted by atomic mass is 9.63. The number of hydrogen-bond acceptors (Lipinski definition) is 1. The fraction of sp³-hybridized carbons (Fsp3) is 1.00. The molecule has 4 rings (SSSR count). The lowest BCUT2D eigenvalue weighted by Gasteiger charge is -2.57. The molecule has 3 saturated heterocycles. The van der Waals surface area contributed by atoms with Gasteiger partial charge in [0.15, 0.2) is 0 Å². The Balaban J connectivity index is 1.85. The topological polar surface area (TPSA) is 3.24 Å². The average molecular weight is 179 g/mol. The van der Waals surface area contributed by atoms with Crippen LogP contribution in [0.25, 0.3) is 0 Å². The van der Waals surface area contributed by atoms with Crippen LogP contribution in [0.1, 0.15) is 33.1 Å². The van der Waals surface area contributed by atoms with Crippen LogP contribution < -0.4 is 0 Å². The Morgan fingerprint density at radius 1 is 1.00 bits per heavy atom. The van der Waals surface area contributed by atoms with Gasteiger partial charge in [-0.15, -0.1) is 0 Å². The van der Waals surface area contributed by atoms with Crippen molar-refractivity contribution in [1.29, 1.82) is 0 Å². The van der Waals surface area contributed by atoms with E-state index in [1.807, 2.05) is 0 Å². The van der Waals surface area contributed by atoms with Gasteiger partial charge >= 0.3 is 0 Å². The molecule has 3 atom stereocenters. The SMILES string of the molecule is CC(C)C1C2CC3CC(C2)CN1C3. The molecule has 4 aliphatic rings. The fourth-order valence-corrected chi connectivity index (χ4v) is 4.44. The summed E-state index contributed by atoms with van der Waals surface area (Å²) in [5.41, 5.74) is 0. The van der Waals surface area contributed by atoms with Crippen molar-refractivity contribution >= 4 is 0 Å². The Hall–Kier alpha value is -0.0400. The first kappa shape index (κ1) is 8.28. The Labute approximate surface area is 81.5 Å². The van der Waals surface area contributed by atoms with Crippen LogP contribution in [0.15, 0.2) is 0 Å². The summed E-state index contributed by atoms with van der Waals surface area (Å²) in [6.45, 7) is 7.67. The van der Waals surface area contributed by atoms with Crippen molar-refractivity contribution in [1.82, 2.24) is 4.90 Å². The first-order valence-corrected chi connectivity index (χ1v) is 5.98. The molecule has 0 radical (unpaired) electrons. The van der Waals surface area contributed by atoms with E-state index >= 15 is 0 Å². The van der Waals surface area contributed by atoms with Crippen LogP contribution in [-0.4, -0.2) is 24.0 Å². The fourth-order valence-electron chi connectivity index (χ4n) is 4.44. The molecule has 0 N–H and O–H groups in total. The molecule has 0 spiro atoms. The molecule has 4 bridgehead atoms. The van der Waals surface area contributed by atoms with Crippen molar-refractivity contribution < 1.29 is 0 Å². The van der Waals surface area contributed by atoms with Gasteiger partial charge in [-0.1, -0.05) is 13.8 Å². The summed E-state index contributed by atoms with van der Waals surface area (Å²) >= 11 is 0. The molecular weight excluding hydrogens is 158 g/mol. The quantitative estimate of drug-likeness (QED) is 0.597. The first-order valence-electron chi connectivity index (χ1n) is 5.98. The standard InChI is InChI=1S/C12H21N/c1-8(2)12-11-4-9-3-10(5-11)7-13(12)6-9/h8-12H,3-7H2,1-2H3. The van der Waals surface area contributed by atoms with Gasteiger partial charge in [0.25, 0.3) is 0 Å². The molecule has 1 aliphatic carbocycles. The van der Waals surface area contributed by atoms with E-state index in [0.717, 1.165) is 29.7 Å². The van der Waals surface area contributed by atoms with Crippen molar-refractivity contribution in [2.24, 2.45) is 23.7 Å². The molecule has 1 nitrogen and oxygen atoms in total. The minimum Gasteiger partial charge on any atom is -0.299 e. The zero-order valence-corrected chi connectivity index (χ0v) is 8.87. The minimum absolute atomic E-state index is 0.880. The van der Waals surface area contributed by atoms with Crippen LogP contribution in [0.5, 0.6) is 0 Å². The summed E-state index contributed by atoms with van der Waals surface area (Å²) in [4.78, 5) is 2.81. The summed E-state index contributed by atoms with van der Waals surface area (Å²) < 4.78 is 0. The lowest BCUT2D eigenvalue weighted by molar-refractivity contribution is -0.0802. The van der Waals surface area contributed by atoms with E-state index in [1.165, 1.54) is 13.1 Å². The van der Waals surface area contributed by atoms with Gasteiger partial charge in [0.05, 0.1) is 0 Å². The number of rotatable bonds is 1. The summed E-state index contributed by atoms with van der Waals surface area (Å²) in [6.07, 6.45) is 4.66. The Bertz CT molecular complexity index is 181. The highest BCUT2D eigenvalue weighted by Gasteiger charge is 2.47. The van der Waals surface area contributed by atoms with E-state index in [9.17, 15) is 0 Å². The highest BCUT2D eigenvalue weighted by Crippen LogP contribution is 2.48. The van der Waals surface area contributed by atoms with Gasteiger partial charge in [0.1, 0.15) is 0 Å². The third-order valence-corrected chi connectivity index (χ3v) is 4.51. The summed E-state index contributed by atoms with van der Waals surface area (Å²) in [5, 5.41) is 0. The molecular formula is C12H21N. The second-order valence-electron chi connectivity index (χ2n) is 5.89. The van der Waals surface area contributed by atoms with E-state index in [4.69, 9.17) is 0 Å².